The lowest BCUT2D eigenvalue weighted by atomic mass is 10.2. The third-order valence-corrected chi connectivity index (χ3v) is 4.42. The van der Waals surface area contributed by atoms with E-state index in [1.165, 1.54) is 0 Å². The highest BCUT2D eigenvalue weighted by atomic mass is 16.5. The minimum Gasteiger partial charge on any atom is -0.493 e. The SMILES string of the molecule is CCOc1ccccc1C(=O)NCCCC(=O)N1CCCC1CNC. The van der Waals surface area contributed by atoms with Crippen LogP contribution in [0.5, 0.6) is 5.75 Å². The van der Waals surface area contributed by atoms with Crippen molar-refractivity contribution in [3.63, 3.8) is 0 Å². The first-order chi connectivity index (χ1) is 12.2. The number of amides is 2. The van der Waals surface area contributed by atoms with Crippen LogP contribution < -0.4 is 15.4 Å². The van der Waals surface area contributed by atoms with Crippen LogP contribution in [0.1, 0.15) is 43.0 Å². The Bertz CT molecular complexity index is 577. The molecule has 2 amide bonds. The van der Waals surface area contributed by atoms with Crippen molar-refractivity contribution in [1.82, 2.24) is 15.5 Å². The first kappa shape index (κ1) is 19.2. The highest BCUT2D eigenvalue weighted by molar-refractivity contribution is 5.96. The molecule has 1 aromatic carbocycles. The fraction of sp³-hybridized carbons (Fsp3) is 0.579. The topological polar surface area (TPSA) is 70.7 Å². The molecule has 2 rings (SSSR count). The van der Waals surface area contributed by atoms with Crippen LogP contribution in [0.4, 0.5) is 0 Å². The number of hydrogen-bond acceptors (Lipinski definition) is 4. The zero-order chi connectivity index (χ0) is 18.1. The molecule has 1 atom stereocenters. The number of carbonyl (C=O) groups excluding carboxylic acids is 2. The van der Waals surface area contributed by atoms with E-state index in [1.807, 2.05) is 31.0 Å². The number of nitrogens with one attached hydrogen (secondary N) is 2. The van der Waals surface area contributed by atoms with E-state index < -0.39 is 0 Å². The summed E-state index contributed by atoms with van der Waals surface area (Å²) in [7, 11) is 1.91. The van der Waals surface area contributed by atoms with Crippen molar-refractivity contribution in [3.05, 3.63) is 29.8 Å². The van der Waals surface area contributed by atoms with E-state index in [0.29, 0.717) is 43.3 Å². The summed E-state index contributed by atoms with van der Waals surface area (Å²) in [5.74, 6) is 0.609. The third kappa shape index (κ3) is 5.46. The van der Waals surface area contributed by atoms with Crippen molar-refractivity contribution >= 4 is 11.8 Å². The number of nitrogens with zero attached hydrogens (tertiary/aromatic N) is 1. The highest BCUT2D eigenvalue weighted by Gasteiger charge is 2.27. The van der Waals surface area contributed by atoms with Gasteiger partial charge in [-0.25, -0.2) is 0 Å². The number of likely N-dealkylation sites (N-methyl/N-ethyl adjacent to an activating group) is 1. The number of benzene rings is 1. The zero-order valence-corrected chi connectivity index (χ0v) is 15.2. The Morgan fingerprint density at radius 3 is 2.88 bits per heavy atom. The summed E-state index contributed by atoms with van der Waals surface area (Å²) in [6.07, 6.45) is 3.25. The molecule has 1 unspecified atom stereocenters. The number of hydrogen-bond donors (Lipinski definition) is 2. The van der Waals surface area contributed by atoms with Gasteiger partial charge in [0, 0.05) is 32.1 Å². The van der Waals surface area contributed by atoms with Gasteiger partial charge < -0.3 is 20.3 Å². The Balaban J connectivity index is 1.75. The maximum Gasteiger partial charge on any atom is 0.255 e. The van der Waals surface area contributed by atoms with Gasteiger partial charge in [0.15, 0.2) is 0 Å². The minimum absolute atomic E-state index is 0.161. The molecular formula is C19H29N3O3. The van der Waals surface area contributed by atoms with Gasteiger partial charge in [0.05, 0.1) is 12.2 Å². The van der Waals surface area contributed by atoms with Gasteiger partial charge in [-0.2, -0.15) is 0 Å². The molecule has 1 aromatic rings. The maximum absolute atomic E-state index is 12.3. The fourth-order valence-electron chi connectivity index (χ4n) is 3.23. The molecule has 0 aromatic heterocycles. The summed E-state index contributed by atoms with van der Waals surface area (Å²) >= 11 is 0. The standard InChI is InChI=1S/C19H29N3O3/c1-3-25-17-10-5-4-9-16(17)19(24)21-12-6-11-18(23)22-13-7-8-15(22)14-20-2/h4-5,9-10,15,20H,3,6-8,11-14H2,1-2H3,(H,21,24). The summed E-state index contributed by atoms with van der Waals surface area (Å²) in [4.78, 5) is 26.6. The van der Waals surface area contributed by atoms with Crippen LogP contribution in [0.3, 0.4) is 0 Å². The van der Waals surface area contributed by atoms with Gasteiger partial charge in [0.1, 0.15) is 5.75 Å². The van der Waals surface area contributed by atoms with Crippen LogP contribution in [-0.2, 0) is 4.79 Å². The molecule has 0 radical (unpaired) electrons. The number of carbonyl (C=O) groups is 2. The number of likely N-dealkylation sites (tertiary alicyclic amines) is 1. The molecule has 138 valence electrons. The van der Waals surface area contributed by atoms with Crippen LogP contribution >= 0.6 is 0 Å². The second-order valence-corrected chi connectivity index (χ2v) is 6.23. The second-order valence-electron chi connectivity index (χ2n) is 6.23. The van der Waals surface area contributed by atoms with E-state index in [1.54, 1.807) is 12.1 Å². The average molecular weight is 347 g/mol. The second kappa shape index (κ2) is 10.0. The molecule has 0 saturated carbocycles. The van der Waals surface area contributed by atoms with Crippen molar-refractivity contribution in [2.45, 2.75) is 38.6 Å². The van der Waals surface area contributed by atoms with Crippen molar-refractivity contribution in [3.8, 4) is 5.75 Å². The molecule has 6 heteroatoms. The summed E-state index contributed by atoms with van der Waals surface area (Å²) < 4.78 is 5.48. The van der Waals surface area contributed by atoms with Gasteiger partial charge in [0.25, 0.3) is 5.91 Å². The summed E-state index contributed by atoms with van der Waals surface area (Å²) in [5.41, 5.74) is 0.532. The fourth-order valence-corrected chi connectivity index (χ4v) is 3.23. The summed E-state index contributed by atoms with van der Waals surface area (Å²) in [6, 6.07) is 7.51. The molecule has 1 saturated heterocycles. The molecule has 1 aliphatic heterocycles. The Morgan fingerprint density at radius 1 is 1.32 bits per heavy atom. The van der Waals surface area contributed by atoms with E-state index in [2.05, 4.69) is 10.6 Å². The lowest BCUT2D eigenvalue weighted by Crippen LogP contribution is -2.41. The van der Waals surface area contributed by atoms with Crippen LogP contribution in [-0.4, -0.2) is 56.0 Å². The molecule has 0 spiro atoms. The Morgan fingerprint density at radius 2 is 2.12 bits per heavy atom. The molecule has 1 fully saturated rings. The quantitative estimate of drug-likeness (QED) is 0.669. The molecule has 1 heterocycles. The van der Waals surface area contributed by atoms with E-state index in [0.717, 1.165) is 25.9 Å². The van der Waals surface area contributed by atoms with Gasteiger partial charge in [-0.3, -0.25) is 9.59 Å². The van der Waals surface area contributed by atoms with Crippen LogP contribution in [0.2, 0.25) is 0 Å². The van der Waals surface area contributed by atoms with Gasteiger partial charge >= 0.3 is 0 Å². The number of para-hydroxylation sites is 1. The summed E-state index contributed by atoms with van der Waals surface area (Å²) in [6.45, 7) is 4.58. The van der Waals surface area contributed by atoms with Gasteiger partial charge in [0.2, 0.25) is 5.91 Å². The molecule has 6 nitrogen and oxygen atoms in total. The summed E-state index contributed by atoms with van der Waals surface area (Å²) in [5, 5.41) is 6.03. The average Bonchev–Trinajstić information content (AvgIpc) is 3.08. The molecule has 2 N–H and O–H groups in total. The van der Waals surface area contributed by atoms with Crippen LogP contribution in [0.25, 0.3) is 0 Å². The lowest BCUT2D eigenvalue weighted by molar-refractivity contribution is -0.132. The molecule has 1 aliphatic rings. The zero-order valence-electron chi connectivity index (χ0n) is 15.2. The molecule has 0 bridgehead atoms. The highest BCUT2D eigenvalue weighted by Crippen LogP contribution is 2.19. The Hall–Kier alpha value is -2.08. The molecule has 0 aliphatic carbocycles. The minimum atomic E-state index is -0.161. The van der Waals surface area contributed by atoms with E-state index in [-0.39, 0.29) is 11.8 Å². The van der Waals surface area contributed by atoms with E-state index >= 15 is 0 Å². The first-order valence-electron chi connectivity index (χ1n) is 9.11. The first-order valence-corrected chi connectivity index (χ1v) is 9.11. The largest absolute Gasteiger partial charge is 0.493 e. The number of rotatable bonds is 9. The predicted octanol–water partition coefficient (Wildman–Crippen LogP) is 1.81. The monoisotopic (exact) mass is 347 g/mol. The third-order valence-electron chi connectivity index (χ3n) is 4.42. The van der Waals surface area contributed by atoms with Crippen molar-refractivity contribution in [2.75, 3.05) is 33.3 Å². The van der Waals surface area contributed by atoms with Crippen LogP contribution in [0, 0.1) is 0 Å². The van der Waals surface area contributed by atoms with Crippen molar-refractivity contribution in [1.29, 1.82) is 0 Å². The van der Waals surface area contributed by atoms with E-state index in [9.17, 15) is 9.59 Å². The van der Waals surface area contributed by atoms with Crippen molar-refractivity contribution in [2.24, 2.45) is 0 Å². The van der Waals surface area contributed by atoms with Gasteiger partial charge in [-0.15, -0.1) is 0 Å². The van der Waals surface area contributed by atoms with Gasteiger partial charge in [-0.05, 0) is 45.4 Å². The normalized spacial score (nSPS) is 16.7. The maximum atomic E-state index is 12.3. The Kier molecular flexibility index (Phi) is 7.73. The van der Waals surface area contributed by atoms with Crippen molar-refractivity contribution < 1.29 is 14.3 Å². The van der Waals surface area contributed by atoms with Crippen LogP contribution in [0.15, 0.2) is 24.3 Å². The predicted molar refractivity (Wildman–Crippen MR) is 97.8 cm³/mol. The number of ether oxygens (including phenoxy) is 1. The Labute approximate surface area is 149 Å². The van der Waals surface area contributed by atoms with Gasteiger partial charge in [-0.1, -0.05) is 12.1 Å². The molecular weight excluding hydrogens is 318 g/mol. The van der Waals surface area contributed by atoms with E-state index in [4.69, 9.17) is 4.74 Å². The smallest absolute Gasteiger partial charge is 0.255 e. The molecule has 25 heavy (non-hydrogen) atoms. The lowest BCUT2D eigenvalue weighted by Gasteiger charge is -2.24.